The fourth-order valence-corrected chi connectivity index (χ4v) is 1.64. The molecule has 1 aromatic carbocycles. The van der Waals surface area contributed by atoms with Crippen LogP contribution >= 0.6 is 23.2 Å². The second-order valence-corrected chi connectivity index (χ2v) is 3.89. The topological polar surface area (TPSA) is 12.9 Å². The summed E-state index contributed by atoms with van der Waals surface area (Å²) in [7, 11) is 0. The summed E-state index contributed by atoms with van der Waals surface area (Å²) in [5, 5.41) is -2.65. The van der Waals surface area contributed by atoms with Crippen molar-refractivity contribution in [2.75, 3.05) is 0 Å². The van der Waals surface area contributed by atoms with Gasteiger partial charge in [0, 0.05) is 5.39 Å². The monoisotopic (exact) mass is 247 g/mol. The Balaban J connectivity index is 2.73. The summed E-state index contributed by atoms with van der Waals surface area (Å²) in [4.78, 5) is 3.74. The van der Waals surface area contributed by atoms with E-state index in [1.807, 2.05) is 0 Å². The van der Waals surface area contributed by atoms with Crippen molar-refractivity contribution in [2.24, 2.45) is 0 Å². The van der Waals surface area contributed by atoms with Crippen LogP contribution < -0.4 is 0 Å². The van der Waals surface area contributed by atoms with Crippen LogP contribution in [0.25, 0.3) is 10.9 Å². The Morgan fingerprint density at radius 1 is 1.20 bits per heavy atom. The van der Waals surface area contributed by atoms with E-state index >= 15 is 0 Å². The highest BCUT2D eigenvalue weighted by molar-refractivity contribution is 6.35. The molecule has 0 fully saturated rings. The minimum Gasteiger partial charge on any atom is -0.245 e. The number of pyridine rings is 1. The first-order chi connectivity index (χ1) is 6.98. The van der Waals surface area contributed by atoms with E-state index in [-0.39, 0.29) is 5.02 Å². The molecule has 15 heavy (non-hydrogen) atoms. The first kappa shape index (κ1) is 10.6. The quantitative estimate of drug-likeness (QED) is 0.690. The molecule has 5 heteroatoms. The molecule has 0 aliphatic heterocycles. The van der Waals surface area contributed by atoms with Crippen LogP contribution in [0.3, 0.4) is 0 Å². The molecule has 0 aliphatic rings. The molecule has 0 unspecified atom stereocenters. The SMILES string of the molecule is FC(F)(Cl)c1cc(Cl)c2ccccc2n1. The van der Waals surface area contributed by atoms with Gasteiger partial charge in [-0.05, 0) is 23.7 Å². The summed E-state index contributed by atoms with van der Waals surface area (Å²) in [6.07, 6.45) is 0. The fraction of sp³-hybridized carbons (Fsp3) is 0.100. The van der Waals surface area contributed by atoms with E-state index in [1.165, 1.54) is 0 Å². The Bertz CT molecular complexity index is 508. The molecule has 0 atom stereocenters. The number of nitrogens with zero attached hydrogens (tertiary/aromatic N) is 1. The van der Waals surface area contributed by atoms with Crippen LogP contribution in [0.2, 0.25) is 5.02 Å². The molecule has 0 spiro atoms. The molecule has 0 N–H and O–H groups in total. The lowest BCUT2D eigenvalue weighted by Crippen LogP contribution is -2.06. The average molecular weight is 248 g/mol. The number of hydrogen-bond acceptors (Lipinski definition) is 1. The number of hydrogen-bond donors (Lipinski definition) is 0. The van der Waals surface area contributed by atoms with Gasteiger partial charge in [0.15, 0.2) is 0 Å². The molecular weight excluding hydrogens is 243 g/mol. The number of halogens is 4. The first-order valence-corrected chi connectivity index (χ1v) is 4.86. The second-order valence-electron chi connectivity index (χ2n) is 3.00. The number of para-hydroxylation sites is 1. The minimum absolute atomic E-state index is 0.218. The third kappa shape index (κ3) is 2.03. The molecule has 1 heterocycles. The predicted molar refractivity (Wildman–Crippen MR) is 56.5 cm³/mol. The van der Waals surface area contributed by atoms with Crippen LogP contribution in [-0.4, -0.2) is 4.98 Å². The number of fused-ring (bicyclic) bond motifs is 1. The Morgan fingerprint density at radius 3 is 2.53 bits per heavy atom. The maximum Gasteiger partial charge on any atom is 0.364 e. The molecule has 0 saturated heterocycles. The van der Waals surface area contributed by atoms with Gasteiger partial charge in [0.1, 0.15) is 5.69 Å². The van der Waals surface area contributed by atoms with Crippen LogP contribution in [0.15, 0.2) is 30.3 Å². The van der Waals surface area contributed by atoms with E-state index in [0.717, 1.165) is 6.07 Å². The second kappa shape index (κ2) is 3.58. The number of benzene rings is 1. The summed E-state index contributed by atoms with van der Waals surface area (Å²) in [5.74, 6) is 0. The zero-order valence-electron chi connectivity index (χ0n) is 7.35. The van der Waals surface area contributed by atoms with Crippen molar-refractivity contribution in [3.8, 4) is 0 Å². The van der Waals surface area contributed by atoms with Gasteiger partial charge in [0.25, 0.3) is 0 Å². The van der Waals surface area contributed by atoms with Crippen molar-refractivity contribution < 1.29 is 8.78 Å². The van der Waals surface area contributed by atoms with E-state index in [9.17, 15) is 8.78 Å². The van der Waals surface area contributed by atoms with Crippen LogP contribution in [0, 0.1) is 0 Å². The van der Waals surface area contributed by atoms with Crippen molar-refractivity contribution >= 4 is 34.1 Å². The third-order valence-corrected chi connectivity index (χ3v) is 2.46. The highest BCUT2D eigenvalue weighted by atomic mass is 35.5. The van der Waals surface area contributed by atoms with Crippen LogP contribution in [0.4, 0.5) is 8.78 Å². The lowest BCUT2D eigenvalue weighted by molar-refractivity contribution is 0.0904. The van der Waals surface area contributed by atoms with Gasteiger partial charge in [-0.25, -0.2) is 4.98 Å². The number of aromatic nitrogens is 1. The lowest BCUT2D eigenvalue weighted by atomic mass is 10.2. The Morgan fingerprint density at radius 2 is 1.87 bits per heavy atom. The van der Waals surface area contributed by atoms with Gasteiger partial charge in [-0.2, -0.15) is 8.78 Å². The van der Waals surface area contributed by atoms with E-state index in [2.05, 4.69) is 4.98 Å². The van der Waals surface area contributed by atoms with E-state index < -0.39 is 11.1 Å². The molecule has 0 aliphatic carbocycles. The zero-order chi connectivity index (χ0) is 11.1. The van der Waals surface area contributed by atoms with Crippen molar-refractivity contribution in [3.63, 3.8) is 0 Å². The van der Waals surface area contributed by atoms with Gasteiger partial charge in [-0.3, -0.25) is 0 Å². The predicted octanol–water partition coefficient (Wildman–Crippen LogP) is 4.18. The van der Waals surface area contributed by atoms with Crippen LogP contribution in [-0.2, 0) is 5.38 Å². The summed E-state index contributed by atoms with van der Waals surface area (Å²) in [6.45, 7) is 0. The standard InChI is InChI=1S/C10H5Cl2F2N/c11-7-5-9(10(12,13)14)15-8-4-2-1-3-6(7)8/h1-5H. The molecule has 0 radical (unpaired) electrons. The van der Waals surface area contributed by atoms with Gasteiger partial charge >= 0.3 is 5.38 Å². The highest BCUT2D eigenvalue weighted by Gasteiger charge is 2.30. The Labute approximate surface area is 94.6 Å². The molecule has 78 valence electrons. The summed E-state index contributed by atoms with van der Waals surface area (Å²) in [6, 6.07) is 7.85. The Hall–Kier alpha value is -0.930. The molecule has 0 saturated carbocycles. The van der Waals surface area contributed by atoms with Gasteiger partial charge < -0.3 is 0 Å². The fourth-order valence-electron chi connectivity index (χ4n) is 1.28. The first-order valence-electron chi connectivity index (χ1n) is 4.11. The third-order valence-electron chi connectivity index (χ3n) is 1.96. The van der Waals surface area contributed by atoms with Gasteiger partial charge in [-0.1, -0.05) is 29.8 Å². The van der Waals surface area contributed by atoms with E-state index in [4.69, 9.17) is 23.2 Å². The maximum absolute atomic E-state index is 12.8. The number of alkyl halides is 3. The summed E-state index contributed by atoms with van der Waals surface area (Å²) in [5.41, 5.74) is -0.131. The summed E-state index contributed by atoms with van der Waals surface area (Å²) >= 11 is 10.7. The average Bonchev–Trinajstić information content (AvgIpc) is 2.16. The summed E-state index contributed by atoms with van der Waals surface area (Å²) < 4.78 is 25.6. The lowest BCUT2D eigenvalue weighted by Gasteiger charge is -2.09. The van der Waals surface area contributed by atoms with Crippen LogP contribution in [0.5, 0.6) is 0 Å². The smallest absolute Gasteiger partial charge is 0.245 e. The van der Waals surface area contributed by atoms with Gasteiger partial charge in [-0.15, -0.1) is 0 Å². The van der Waals surface area contributed by atoms with Crippen molar-refractivity contribution in [3.05, 3.63) is 41.0 Å². The van der Waals surface area contributed by atoms with Gasteiger partial charge in [0.05, 0.1) is 10.5 Å². The molecule has 1 aromatic heterocycles. The normalized spacial score (nSPS) is 12.0. The highest BCUT2D eigenvalue weighted by Crippen LogP contribution is 2.34. The van der Waals surface area contributed by atoms with Crippen molar-refractivity contribution in [2.45, 2.75) is 5.38 Å². The molecule has 1 nitrogen and oxygen atoms in total. The number of rotatable bonds is 1. The van der Waals surface area contributed by atoms with Gasteiger partial charge in [0.2, 0.25) is 0 Å². The largest absolute Gasteiger partial charge is 0.364 e. The molecule has 0 amide bonds. The molecule has 0 bridgehead atoms. The van der Waals surface area contributed by atoms with E-state index in [0.29, 0.717) is 10.9 Å². The van der Waals surface area contributed by atoms with Crippen molar-refractivity contribution in [1.29, 1.82) is 0 Å². The zero-order valence-corrected chi connectivity index (χ0v) is 8.86. The van der Waals surface area contributed by atoms with Crippen LogP contribution in [0.1, 0.15) is 5.69 Å². The maximum atomic E-state index is 12.8. The van der Waals surface area contributed by atoms with Crippen molar-refractivity contribution in [1.82, 2.24) is 4.98 Å². The molecule has 2 aromatic rings. The minimum atomic E-state index is -3.49. The molecular formula is C10H5Cl2F2N. The molecule has 2 rings (SSSR count). The Kier molecular flexibility index (Phi) is 2.52. The van der Waals surface area contributed by atoms with E-state index in [1.54, 1.807) is 24.3 Å².